The molecule has 0 aliphatic carbocycles. The van der Waals surface area contributed by atoms with E-state index in [1.807, 2.05) is 30.3 Å². The van der Waals surface area contributed by atoms with Gasteiger partial charge in [-0.3, -0.25) is 28.9 Å². The van der Waals surface area contributed by atoms with Gasteiger partial charge < -0.3 is 40.3 Å². The summed E-state index contributed by atoms with van der Waals surface area (Å²) in [6, 6.07) is 13.1. The first-order valence-electron chi connectivity index (χ1n) is 19.6. The molecule has 57 heavy (non-hydrogen) atoms. The molecule has 16 heteroatoms. The number of ether oxygens (including phenoxy) is 2. The van der Waals surface area contributed by atoms with Crippen molar-refractivity contribution in [3.8, 4) is 0 Å². The highest BCUT2D eigenvalue weighted by atomic mass is 16.6. The van der Waals surface area contributed by atoms with E-state index in [1.54, 1.807) is 51.1 Å². The lowest BCUT2D eigenvalue weighted by atomic mass is 10.0. The molecule has 0 bridgehead atoms. The lowest BCUT2D eigenvalue weighted by Gasteiger charge is -2.32. The van der Waals surface area contributed by atoms with Gasteiger partial charge in [0.05, 0.1) is 19.8 Å². The van der Waals surface area contributed by atoms with E-state index < -0.39 is 78.0 Å². The Balaban J connectivity index is 1.23. The van der Waals surface area contributed by atoms with Crippen LogP contribution < -0.4 is 16.0 Å². The zero-order valence-electron chi connectivity index (χ0n) is 32.8. The monoisotopic (exact) mass is 790 g/mol. The number of carboxylic acids is 1. The Hall–Kier alpha value is -5.51. The van der Waals surface area contributed by atoms with Gasteiger partial charge in [-0.05, 0) is 70.4 Å². The number of carbonyl (C=O) groups excluding carboxylic acids is 6. The molecule has 4 N–H and O–H groups in total. The maximum absolute atomic E-state index is 14.0. The number of likely N-dealkylation sites (tertiary alicyclic amines) is 3. The first-order valence-corrected chi connectivity index (χ1v) is 19.6. The molecule has 3 aliphatic heterocycles. The SMILES string of the molecule is CC(C)(C)OC(=O)N1CCC[C@H]1C(=O)N1CCC[C@H]1C(=O)NCC(=O)N[C@@H](Cc1ccccc1)C(=O)N[C@@H](COCc1ccccc1)C(=O)N1CCC[C@H]1C(=O)O. The molecule has 3 fully saturated rings. The van der Waals surface area contributed by atoms with Crippen molar-refractivity contribution < 1.29 is 48.1 Å². The first kappa shape index (κ1) is 42.6. The highest BCUT2D eigenvalue weighted by Gasteiger charge is 2.43. The Morgan fingerprint density at radius 1 is 0.737 bits per heavy atom. The maximum atomic E-state index is 14.0. The number of carboxylic acid groups (broad SMARTS) is 1. The summed E-state index contributed by atoms with van der Waals surface area (Å²) in [5, 5.41) is 17.8. The van der Waals surface area contributed by atoms with E-state index in [0.29, 0.717) is 50.8 Å². The van der Waals surface area contributed by atoms with E-state index in [9.17, 15) is 38.7 Å². The minimum absolute atomic E-state index is 0.0417. The van der Waals surface area contributed by atoms with Crippen molar-refractivity contribution in [2.45, 2.75) is 108 Å². The molecule has 3 aliphatic rings. The number of amides is 6. The average molecular weight is 791 g/mol. The van der Waals surface area contributed by atoms with E-state index in [0.717, 1.165) is 5.56 Å². The Kier molecular flexibility index (Phi) is 14.6. The summed E-state index contributed by atoms with van der Waals surface area (Å²) < 4.78 is 11.4. The third-order valence-electron chi connectivity index (χ3n) is 10.2. The van der Waals surface area contributed by atoms with Crippen LogP contribution in [0.15, 0.2) is 60.7 Å². The molecular formula is C41H54N6O10. The van der Waals surface area contributed by atoms with Gasteiger partial charge in [0, 0.05) is 26.1 Å². The number of rotatable bonds is 15. The van der Waals surface area contributed by atoms with E-state index in [1.165, 1.54) is 14.7 Å². The van der Waals surface area contributed by atoms with E-state index in [-0.39, 0.29) is 38.5 Å². The molecule has 16 nitrogen and oxygen atoms in total. The van der Waals surface area contributed by atoms with Crippen LogP contribution in [-0.2, 0) is 51.3 Å². The maximum Gasteiger partial charge on any atom is 0.410 e. The lowest BCUT2D eigenvalue weighted by Crippen LogP contribution is -2.58. The Morgan fingerprint density at radius 3 is 1.95 bits per heavy atom. The number of hydrogen-bond acceptors (Lipinski definition) is 9. The predicted octanol–water partition coefficient (Wildman–Crippen LogP) is 2.00. The summed E-state index contributed by atoms with van der Waals surface area (Å²) in [5.41, 5.74) is 0.811. The summed E-state index contributed by atoms with van der Waals surface area (Å²) in [5.74, 6) is -4.03. The van der Waals surface area contributed by atoms with E-state index in [4.69, 9.17) is 9.47 Å². The molecule has 2 aromatic carbocycles. The quantitative estimate of drug-likeness (QED) is 0.207. The van der Waals surface area contributed by atoms with Crippen LogP contribution in [-0.4, -0.2) is 130 Å². The van der Waals surface area contributed by atoms with Crippen molar-refractivity contribution >= 4 is 41.6 Å². The average Bonchev–Trinajstić information content (AvgIpc) is 3.98. The van der Waals surface area contributed by atoms with Gasteiger partial charge in [0.15, 0.2) is 0 Å². The number of nitrogens with one attached hydrogen (secondary N) is 3. The zero-order chi connectivity index (χ0) is 41.1. The summed E-state index contributed by atoms with van der Waals surface area (Å²) in [6.45, 7) is 5.53. The minimum Gasteiger partial charge on any atom is -0.480 e. The second-order valence-corrected chi connectivity index (χ2v) is 15.6. The van der Waals surface area contributed by atoms with Crippen molar-refractivity contribution in [1.29, 1.82) is 0 Å². The Morgan fingerprint density at radius 2 is 1.32 bits per heavy atom. The van der Waals surface area contributed by atoms with Crippen molar-refractivity contribution in [1.82, 2.24) is 30.7 Å². The predicted molar refractivity (Wildman–Crippen MR) is 206 cm³/mol. The van der Waals surface area contributed by atoms with E-state index in [2.05, 4.69) is 16.0 Å². The molecule has 0 saturated carbocycles. The lowest BCUT2D eigenvalue weighted by molar-refractivity contribution is -0.150. The highest BCUT2D eigenvalue weighted by molar-refractivity contribution is 5.96. The molecule has 5 atom stereocenters. The molecule has 3 heterocycles. The number of nitrogens with zero attached hydrogens (tertiary/aromatic N) is 3. The third-order valence-corrected chi connectivity index (χ3v) is 10.2. The molecule has 0 unspecified atom stereocenters. The fourth-order valence-electron chi connectivity index (χ4n) is 7.45. The fourth-order valence-corrected chi connectivity index (χ4v) is 7.45. The van der Waals surface area contributed by atoms with Gasteiger partial charge in [0.1, 0.15) is 35.8 Å². The summed E-state index contributed by atoms with van der Waals surface area (Å²) in [7, 11) is 0. The smallest absolute Gasteiger partial charge is 0.410 e. The molecule has 308 valence electrons. The number of hydrogen-bond donors (Lipinski definition) is 4. The van der Waals surface area contributed by atoms with Crippen molar-refractivity contribution in [2.75, 3.05) is 32.8 Å². The third kappa shape index (κ3) is 11.8. The molecule has 3 saturated heterocycles. The molecule has 5 rings (SSSR count). The molecule has 2 aromatic rings. The normalized spacial score (nSPS) is 20.4. The standard InChI is InChI=1S/C41H54N6O10/c1-41(2,3)57-40(55)47-22-11-18-32(47)38(52)45-20-10-17-31(45)36(50)42-24-34(48)43-29(23-27-13-6-4-7-14-27)35(49)44-30(26-56-25-28-15-8-5-9-16-28)37(51)46-21-12-19-33(46)39(53)54/h4-9,13-16,29-33H,10-12,17-26H2,1-3H3,(H,42,50)(H,43,48)(H,44,49)(H,53,54)/t29-,30-,31-,32-,33-/m0/s1. The molecule has 0 aromatic heterocycles. The highest BCUT2D eigenvalue weighted by Crippen LogP contribution is 2.27. The second-order valence-electron chi connectivity index (χ2n) is 15.6. The van der Waals surface area contributed by atoms with Gasteiger partial charge >= 0.3 is 12.1 Å². The van der Waals surface area contributed by atoms with Gasteiger partial charge in [-0.2, -0.15) is 0 Å². The van der Waals surface area contributed by atoms with Crippen LogP contribution in [0.25, 0.3) is 0 Å². The number of benzene rings is 2. The van der Waals surface area contributed by atoms with Crippen molar-refractivity contribution in [3.05, 3.63) is 71.8 Å². The van der Waals surface area contributed by atoms with Crippen LogP contribution in [0, 0.1) is 0 Å². The number of carbonyl (C=O) groups is 7. The van der Waals surface area contributed by atoms with E-state index >= 15 is 0 Å². The summed E-state index contributed by atoms with van der Waals surface area (Å²) >= 11 is 0. The van der Waals surface area contributed by atoms with Crippen molar-refractivity contribution in [3.63, 3.8) is 0 Å². The van der Waals surface area contributed by atoms with Crippen LogP contribution in [0.5, 0.6) is 0 Å². The van der Waals surface area contributed by atoms with Gasteiger partial charge in [-0.25, -0.2) is 9.59 Å². The van der Waals surface area contributed by atoms with Gasteiger partial charge in [0.25, 0.3) is 0 Å². The first-order chi connectivity index (χ1) is 27.2. The van der Waals surface area contributed by atoms with Crippen molar-refractivity contribution in [2.24, 2.45) is 0 Å². The second kappa shape index (κ2) is 19.6. The Labute approximate surface area is 332 Å². The largest absolute Gasteiger partial charge is 0.480 e. The fraction of sp³-hybridized carbons (Fsp3) is 0.537. The molecular weight excluding hydrogens is 736 g/mol. The summed E-state index contributed by atoms with van der Waals surface area (Å²) in [4.78, 5) is 97.2. The van der Waals surface area contributed by atoms with Crippen LogP contribution in [0.1, 0.15) is 70.4 Å². The van der Waals surface area contributed by atoms with Gasteiger partial charge in [-0.1, -0.05) is 60.7 Å². The van der Waals surface area contributed by atoms with Gasteiger partial charge in [0.2, 0.25) is 29.5 Å². The Bertz CT molecular complexity index is 1750. The minimum atomic E-state index is -1.26. The van der Waals surface area contributed by atoms with Crippen LogP contribution in [0.2, 0.25) is 0 Å². The summed E-state index contributed by atoms with van der Waals surface area (Å²) in [6.07, 6.45) is 2.23. The van der Waals surface area contributed by atoms with Gasteiger partial charge in [-0.15, -0.1) is 0 Å². The van der Waals surface area contributed by atoms with Crippen LogP contribution >= 0.6 is 0 Å². The molecule has 0 radical (unpaired) electrons. The molecule has 0 spiro atoms. The topological polar surface area (TPSA) is 204 Å². The van der Waals surface area contributed by atoms with Crippen LogP contribution in [0.4, 0.5) is 4.79 Å². The molecule has 6 amide bonds. The number of aliphatic carboxylic acids is 1. The van der Waals surface area contributed by atoms with Crippen LogP contribution in [0.3, 0.4) is 0 Å². The zero-order valence-corrected chi connectivity index (χ0v) is 32.8.